The molecule has 2 rings (SSSR count). The van der Waals surface area contributed by atoms with Gasteiger partial charge in [0.05, 0.1) is 0 Å². The number of Topliss-reactive ketones (excluding diaryl/α,β-unsaturated/α-hetero) is 1. The minimum absolute atomic E-state index is 0.168. The van der Waals surface area contributed by atoms with Crippen LogP contribution in [0.15, 0.2) is 23.9 Å². The molecule has 0 saturated carbocycles. The number of hydrogen-bond donors (Lipinski definition) is 0. The van der Waals surface area contributed by atoms with Crippen LogP contribution in [0.4, 0.5) is 0 Å². The van der Waals surface area contributed by atoms with Gasteiger partial charge in [0.2, 0.25) is 5.78 Å². The third-order valence-corrected chi connectivity index (χ3v) is 3.08. The zero-order valence-electron chi connectivity index (χ0n) is 9.78. The van der Waals surface area contributed by atoms with Gasteiger partial charge in [-0.15, -0.1) is 0 Å². The van der Waals surface area contributed by atoms with Gasteiger partial charge in [0.15, 0.2) is 0 Å². The highest BCUT2D eigenvalue weighted by atomic mass is 16.1. The molecule has 1 heterocycles. The van der Waals surface area contributed by atoms with Crippen LogP contribution in [0.1, 0.15) is 49.5 Å². The second kappa shape index (κ2) is 5.10. The predicted octanol–water partition coefficient (Wildman–Crippen LogP) is 2.98. The van der Waals surface area contributed by atoms with E-state index < -0.39 is 0 Å². The molecular weight excluding hydrogens is 200 g/mol. The molecule has 1 aliphatic carbocycles. The predicted molar refractivity (Wildman–Crippen MR) is 63.4 cm³/mol. The van der Waals surface area contributed by atoms with Crippen molar-refractivity contribution in [2.24, 2.45) is 0 Å². The first-order chi connectivity index (χ1) is 7.83. The molecule has 1 aromatic heterocycles. The highest BCUT2D eigenvalue weighted by Gasteiger charge is 2.16. The normalized spacial score (nSPS) is 16.7. The van der Waals surface area contributed by atoms with E-state index in [1.807, 2.05) is 13.0 Å². The third-order valence-electron chi connectivity index (χ3n) is 3.08. The van der Waals surface area contributed by atoms with Crippen LogP contribution in [-0.2, 0) is 6.54 Å². The number of aryl methyl sites for hydroxylation is 1. The molecule has 0 fully saturated rings. The summed E-state index contributed by atoms with van der Waals surface area (Å²) in [5, 5.41) is 4.14. The van der Waals surface area contributed by atoms with Gasteiger partial charge in [-0.2, -0.15) is 5.10 Å². The summed E-state index contributed by atoms with van der Waals surface area (Å²) in [5.74, 6) is 0.168. The Labute approximate surface area is 96.2 Å². The third kappa shape index (κ3) is 2.23. The molecule has 0 radical (unpaired) electrons. The van der Waals surface area contributed by atoms with Gasteiger partial charge in [0.1, 0.15) is 5.69 Å². The zero-order valence-corrected chi connectivity index (χ0v) is 9.78. The van der Waals surface area contributed by atoms with Crippen LogP contribution in [0.5, 0.6) is 0 Å². The van der Waals surface area contributed by atoms with Crippen molar-refractivity contribution in [1.29, 1.82) is 0 Å². The van der Waals surface area contributed by atoms with E-state index in [1.54, 1.807) is 10.9 Å². The fourth-order valence-corrected chi connectivity index (χ4v) is 2.16. The molecule has 1 aromatic rings. The molecule has 0 unspecified atom stereocenters. The number of carbonyl (C=O) groups excluding carboxylic acids is 1. The summed E-state index contributed by atoms with van der Waals surface area (Å²) < 4.78 is 1.77. The Morgan fingerprint density at radius 3 is 3.12 bits per heavy atom. The van der Waals surface area contributed by atoms with Gasteiger partial charge in [-0.25, -0.2) is 0 Å². The molecule has 3 heteroatoms. The summed E-state index contributed by atoms with van der Waals surface area (Å²) >= 11 is 0. The van der Waals surface area contributed by atoms with Crippen molar-refractivity contribution in [3.05, 3.63) is 29.6 Å². The summed E-state index contributed by atoms with van der Waals surface area (Å²) in [6.07, 6.45) is 9.37. The quantitative estimate of drug-likeness (QED) is 0.731. The van der Waals surface area contributed by atoms with Crippen molar-refractivity contribution >= 4 is 5.78 Å². The van der Waals surface area contributed by atoms with E-state index in [1.165, 1.54) is 12.8 Å². The number of nitrogens with zero attached hydrogens (tertiary/aromatic N) is 2. The van der Waals surface area contributed by atoms with E-state index in [0.29, 0.717) is 0 Å². The topological polar surface area (TPSA) is 34.9 Å². The van der Waals surface area contributed by atoms with Crippen molar-refractivity contribution < 1.29 is 4.79 Å². The Hall–Kier alpha value is -1.38. The Balaban J connectivity index is 2.21. The van der Waals surface area contributed by atoms with E-state index in [-0.39, 0.29) is 5.78 Å². The number of ketones is 1. The highest BCUT2D eigenvalue weighted by molar-refractivity contribution is 6.07. The fraction of sp³-hybridized carbons (Fsp3) is 0.538. The molecule has 86 valence electrons. The molecule has 16 heavy (non-hydrogen) atoms. The lowest BCUT2D eigenvalue weighted by molar-refractivity contribution is 0.102. The summed E-state index contributed by atoms with van der Waals surface area (Å²) in [6, 6.07) is 1.82. The number of aromatic nitrogens is 2. The maximum Gasteiger partial charge on any atom is 0.206 e. The van der Waals surface area contributed by atoms with Crippen molar-refractivity contribution in [3.8, 4) is 0 Å². The van der Waals surface area contributed by atoms with E-state index in [4.69, 9.17) is 0 Å². The Morgan fingerprint density at radius 1 is 1.44 bits per heavy atom. The molecule has 0 aliphatic heterocycles. The largest absolute Gasteiger partial charge is 0.287 e. The van der Waals surface area contributed by atoms with Crippen molar-refractivity contribution in [3.63, 3.8) is 0 Å². The first-order valence-electron chi connectivity index (χ1n) is 6.08. The SMILES string of the molecule is CCn1nccc1C(=O)C1=CCCCCC1. The minimum Gasteiger partial charge on any atom is -0.287 e. The lowest BCUT2D eigenvalue weighted by Gasteiger charge is -2.06. The molecule has 0 aromatic carbocycles. The number of hydrogen-bond acceptors (Lipinski definition) is 2. The molecule has 0 saturated heterocycles. The average molecular weight is 218 g/mol. The highest BCUT2D eigenvalue weighted by Crippen LogP contribution is 2.20. The number of carbonyl (C=O) groups is 1. The summed E-state index contributed by atoms with van der Waals surface area (Å²) in [5.41, 5.74) is 1.71. The van der Waals surface area contributed by atoms with E-state index in [9.17, 15) is 4.79 Å². The standard InChI is InChI=1S/C13H18N2O/c1-2-15-12(9-10-14-15)13(16)11-7-5-3-4-6-8-11/h7,9-10H,2-6,8H2,1H3. The lowest BCUT2D eigenvalue weighted by Crippen LogP contribution is -2.11. The van der Waals surface area contributed by atoms with Crippen molar-refractivity contribution in [1.82, 2.24) is 9.78 Å². The van der Waals surface area contributed by atoms with Crippen LogP contribution in [0.2, 0.25) is 0 Å². The van der Waals surface area contributed by atoms with Crippen LogP contribution in [0, 0.1) is 0 Å². The fourth-order valence-electron chi connectivity index (χ4n) is 2.16. The second-order valence-electron chi connectivity index (χ2n) is 4.19. The summed E-state index contributed by atoms with van der Waals surface area (Å²) in [7, 11) is 0. The van der Waals surface area contributed by atoms with Crippen LogP contribution in [0.25, 0.3) is 0 Å². The van der Waals surface area contributed by atoms with Gasteiger partial charge < -0.3 is 0 Å². The first-order valence-corrected chi connectivity index (χ1v) is 6.08. The van der Waals surface area contributed by atoms with E-state index in [0.717, 1.165) is 37.1 Å². The minimum atomic E-state index is 0.168. The lowest BCUT2D eigenvalue weighted by atomic mass is 10.0. The molecule has 0 N–H and O–H groups in total. The Kier molecular flexibility index (Phi) is 3.54. The van der Waals surface area contributed by atoms with Crippen LogP contribution < -0.4 is 0 Å². The van der Waals surface area contributed by atoms with Gasteiger partial charge in [-0.05, 0) is 44.2 Å². The van der Waals surface area contributed by atoms with Gasteiger partial charge >= 0.3 is 0 Å². The Bertz CT molecular complexity index is 404. The van der Waals surface area contributed by atoms with Crippen LogP contribution in [0.3, 0.4) is 0 Å². The van der Waals surface area contributed by atoms with Gasteiger partial charge in [0.25, 0.3) is 0 Å². The van der Waals surface area contributed by atoms with E-state index in [2.05, 4.69) is 11.2 Å². The molecule has 1 aliphatic rings. The molecule has 0 spiro atoms. The molecular formula is C13H18N2O. The maximum absolute atomic E-state index is 12.3. The van der Waals surface area contributed by atoms with Crippen LogP contribution in [-0.4, -0.2) is 15.6 Å². The van der Waals surface area contributed by atoms with E-state index >= 15 is 0 Å². The molecule has 3 nitrogen and oxygen atoms in total. The molecule has 0 amide bonds. The zero-order chi connectivity index (χ0) is 11.4. The number of rotatable bonds is 3. The molecule has 0 bridgehead atoms. The van der Waals surface area contributed by atoms with Gasteiger partial charge in [0, 0.05) is 12.7 Å². The van der Waals surface area contributed by atoms with Crippen molar-refractivity contribution in [2.75, 3.05) is 0 Å². The van der Waals surface area contributed by atoms with Crippen molar-refractivity contribution in [2.45, 2.75) is 45.6 Å². The average Bonchev–Trinajstić information content (AvgIpc) is 2.61. The van der Waals surface area contributed by atoms with Gasteiger partial charge in [-0.1, -0.05) is 12.5 Å². The number of allylic oxidation sites excluding steroid dienone is 2. The summed E-state index contributed by atoms with van der Waals surface area (Å²) in [6.45, 7) is 2.76. The Morgan fingerprint density at radius 2 is 2.31 bits per heavy atom. The van der Waals surface area contributed by atoms with Crippen LogP contribution >= 0.6 is 0 Å². The smallest absolute Gasteiger partial charge is 0.206 e. The second-order valence-corrected chi connectivity index (χ2v) is 4.19. The first kappa shape index (κ1) is 11.1. The van der Waals surface area contributed by atoms with Gasteiger partial charge in [-0.3, -0.25) is 9.48 Å². The summed E-state index contributed by atoms with van der Waals surface area (Å²) in [4.78, 5) is 12.3. The monoisotopic (exact) mass is 218 g/mol. The molecule has 0 atom stereocenters. The maximum atomic E-state index is 12.3.